The van der Waals surface area contributed by atoms with Crippen LogP contribution in [0, 0.1) is 0 Å². The normalized spacial score (nSPS) is 16.2. The summed E-state index contributed by atoms with van der Waals surface area (Å²) in [5.41, 5.74) is 1.37. The number of amidine groups is 1. The number of hydrogen-bond donors (Lipinski definition) is 0. The molecule has 1 aliphatic rings. The van der Waals surface area contributed by atoms with Gasteiger partial charge in [-0.2, -0.15) is 0 Å². The number of carboxylic acids is 1. The maximum Gasteiger partial charge on any atom is 0.267 e. The quantitative estimate of drug-likeness (QED) is 0.502. The molecule has 0 radical (unpaired) electrons. The van der Waals surface area contributed by atoms with E-state index in [-0.39, 0.29) is 11.5 Å². The molecule has 0 unspecified atom stereocenters. The Morgan fingerprint density at radius 3 is 2.47 bits per heavy atom. The van der Waals surface area contributed by atoms with Gasteiger partial charge in [0.1, 0.15) is 0 Å². The van der Waals surface area contributed by atoms with E-state index in [0.29, 0.717) is 33.8 Å². The highest BCUT2D eigenvalue weighted by molar-refractivity contribution is 8.18. The Balaban J connectivity index is 1.93. The first-order valence-corrected chi connectivity index (χ1v) is 9.73. The predicted octanol–water partition coefficient (Wildman–Crippen LogP) is 2.86. The largest absolute Gasteiger partial charge is 0.545 e. The van der Waals surface area contributed by atoms with E-state index in [1.807, 2.05) is 6.07 Å². The summed E-state index contributed by atoms with van der Waals surface area (Å²) in [6.45, 7) is 4.00. The van der Waals surface area contributed by atoms with Gasteiger partial charge in [-0.25, -0.2) is 4.99 Å². The molecule has 2 aromatic carbocycles. The number of thioether (sulfide) groups is 1. The van der Waals surface area contributed by atoms with Crippen LogP contribution in [-0.4, -0.2) is 42.7 Å². The van der Waals surface area contributed by atoms with Gasteiger partial charge in [0.2, 0.25) is 0 Å². The van der Waals surface area contributed by atoms with Crippen LogP contribution in [0.25, 0.3) is 6.08 Å². The van der Waals surface area contributed by atoms with Crippen molar-refractivity contribution in [2.45, 2.75) is 0 Å². The molecular weight excluding hydrogens is 404 g/mol. The van der Waals surface area contributed by atoms with E-state index in [1.165, 1.54) is 28.8 Å². The highest BCUT2D eigenvalue weighted by atomic mass is 32.2. The summed E-state index contributed by atoms with van der Waals surface area (Å²) in [6, 6.07) is 11.3. The number of aliphatic imine (C=N–C) groups is 1. The molecule has 1 amide bonds. The van der Waals surface area contributed by atoms with Gasteiger partial charge < -0.3 is 19.4 Å². The van der Waals surface area contributed by atoms with Crippen LogP contribution in [0.3, 0.4) is 0 Å². The maximum atomic E-state index is 12.9. The summed E-state index contributed by atoms with van der Waals surface area (Å²) >= 11 is 1.23. The van der Waals surface area contributed by atoms with Gasteiger partial charge in [-0.05, 0) is 53.2 Å². The standard InChI is InChI=1S/C22H20N2O5S/c1-4-11-24-20(25)19(13-14-5-10-17(28-2)18(12-14)29-3)30-22(24)23-16-8-6-15(7-9-16)21(26)27/h4-10,12-13H,1,11H2,2-3H3,(H,26,27)/p-1/b19-13-,23-22?. The third kappa shape index (κ3) is 4.55. The zero-order chi connectivity index (χ0) is 21.7. The Labute approximate surface area is 178 Å². The number of benzene rings is 2. The van der Waals surface area contributed by atoms with Gasteiger partial charge in [-0.3, -0.25) is 9.69 Å². The lowest BCUT2D eigenvalue weighted by Crippen LogP contribution is -2.29. The fourth-order valence-electron chi connectivity index (χ4n) is 2.76. The lowest BCUT2D eigenvalue weighted by molar-refractivity contribution is -0.255. The summed E-state index contributed by atoms with van der Waals surface area (Å²) in [5, 5.41) is 11.4. The van der Waals surface area contributed by atoms with E-state index in [4.69, 9.17) is 9.47 Å². The Hall–Kier alpha value is -3.52. The van der Waals surface area contributed by atoms with E-state index in [1.54, 1.807) is 50.6 Å². The molecule has 0 saturated carbocycles. The lowest BCUT2D eigenvalue weighted by Gasteiger charge is -2.12. The van der Waals surface area contributed by atoms with Gasteiger partial charge in [0.15, 0.2) is 16.7 Å². The minimum atomic E-state index is -1.26. The fourth-order valence-corrected chi connectivity index (χ4v) is 3.77. The number of carbonyl (C=O) groups is 2. The SMILES string of the molecule is C=CCN1C(=O)/C(=C/c2ccc(OC)c(OC)c2)SC1=Nc1ccc(C(=O)[O-])cc1. The van der Waals surface area contributed by atoms with Crippen LogP contribution in [0.4, 0.5) is 5.69 Å². The van der Waals surface area contributed by atoms with Crippen LogP contribution in [0.2, 0.25) is 0 Å². The zero-order valence-corrected chi connectivity index (χ0v) is 17.3. The first kappa shape index (κ1) is 21.2. The molecule has 1 fully saturated rings. The lowest BCUT2D eigenvalue weighted by atomic mass is 10.2. The topological polar surface area (TPSA) is 91.3 Å². The molecule has 8 heteroatoms. The van der Waals surface area contributed by atoms with Crippen LogP contribution in [-0.2, 0) is 4.79 Å². The summed E-state index contributed by atoms with van der Waals surface area (Å²) in [4.78, 5) is 30.3. The average Bonchev–Trinajstić information content (AvgIpc) is 3.03. The number of amides is 1. The number of hydrogen-bond acceptors (Lipinski definition) is 7. The van der Waals surface area contributed by atoms with Gasteiger partial charge in [0.25, 0.3) is 5.91 Å². The van der Waals surface area contributed by atoms with Crippen molar-refractivity contribution in [1.82, 2.24) is 4.90 Å². The summed E-state index contributed by atoms with van der Waals surface area (Å²) < 4.78 is 10.6. The Kier molecular flexibility index (Phi) is 6.58. The molecule has 0 atom stereocenters. The van der Waals surface area contributed by atoms with Crippen LogP contribution >= 0.6 is 11.8 Å². The van der Waals surface area contributed by atoms with E-state index in [0.717, 1.165) is 5.56 Å². The van der Waals surface area contributed by atoms with Crippen molar-refractivity contribution in [3.05, 3.63) is 71.2 Å². The molecule has 0 aliphatic carbocycles. The van der Waals surface area contributed by atoms with Crippen molar-refractivity contribution < 1.29 is 24.2 Å². The summed E-state index contributed by atoms with van der Waals surface area (Å²) in [6.07, 6.45) is 3.37. The Bertz CT molecular complexity index is 1040. The summed E-state index contributed by atoms with van der Waals surface area (Å²) in [7, 11) is 3.11. The molecule has 1 aliphatic heterocycles. The third-order valence-electron chi connectivity index (χ3n) is 4.23. The van der Waals surface area contributed by atoms with Crippen molar-refractivity contribution in [2.75, 3.05) is 20.8 Å². The Morgan fingerprint density at radius 2 is 1.87 bits per heavy atom. The molecule has 2 aromatic rings. The average molecular weight is 423 g/mol. The Morgan fingerprint density at radius 1 is 1.17 bits per heavy atom. The number of nitrogens with zero attached hydrogens (tertiary/aromatic N) is 2. The van der Waals surface area contributed by atoms with Crippen molar-refractivity contribution in [3.8, 4) is 11.5 Å². The third-order valence-corrected chi connectivity index (χ3v) is 5.24. The highest BCUT2D eigenvalue weighted by Crippen LogP contribution is 2.35. The van der Waals surface area contributed by atoms with Gasteiger partial charge in [-0.15, -0.1) is 6.58 Å². The van der Waals surface area contributed by atoms with Crippen LogP contribution in [0.5, 0.6) is 11.5 Å². The molecule has 30 heavy (non-hydrogen) atoms. The first-order valence-electron chi connectivity index (χ1n) is 8.91. The molecule has 7 nitrogen and oxygen atoms in total. The van der Waals surface area contributed by atoms with Crippen molar-refractivity contribution >= 4 is 40.6 Å². The van der Waals surface area contributed by atoms with Crippen molar-refractivity contribution in [2.24, 2.45) is 4.99 Å². The highest BCUT2D eigenvalue weighted by Gasteiger charge is 2.32. The minimum Gasteiger partial charge on any atom is -0.545 e. The number of carboxylic acid groups (broad SMARTS) is 1. The van der Waals surface area contributed by atoms with Crippen LogP contribution in [0.1, 0.15) is 15.9 Å². The zero-order valence-electron chi connectivity index (χ0n) is 16.5. The minimum absolute atomic E-state index is 0.0612. The van der Waals surface area contributed by atoms with E-state index >= 15 is 0 Å². The molecular formula is C22H19N2O5S-. The second-order valence-electron chi connectivity index (χ2n) is 6.16. The number of aromatic carboxylic acids is 1. The molecule has 1 saturated heterocycles. The first-order chi connectivity index (χ1) is 14.5. The molecule has 0 aromatic heterocycles. The number of carbonyl (C=O) groups excluding carboxylic acids is 2. The molecule has 0 spiro atoms. The van der Waals surface area contributed by atoms with E-state index in [9.17, 15) is 14.7 Å². The maximum absolute atomic E-state index is 12.9. The van der Waals surface area contributed by atoms with Crippen molar-refractivity contribution in [3.63, 3.8) is 0 Å². The molecule has 3 rings (SSSR count). The molecule has 0 bridgehead atoms. The molecule has 0 N–H and O–H groups in total. The smallest absolute Gasteiger partial charge is 0.267 e. The predicted molar refractivity (Wildman–Crippen MR) is 115 cm³/mol. The number of methoxy groups -OCH3 is 2. The van der Waals surface area contributed by atoms with Crippen LogP contribution in [0.15, 0.2) is 65.0 Å². The number of rotatable bonds is 7. The fraction of sp³-hybridized carbons (Fsp3) is 0.136. The van der Waals surface area contributed by atoms with Gasteiger partial charge in [0, 0.05) is 6.54 Å². The van der Waals surface area contributed by atoms with Crippen molar-refractivity contribution in [1.29, 1.82) is 0 Å². The van der Waals surface area contributed by atoms with Crippen LogP contribution < -0.4 is 14.6 Å². The van der Waals surface area contributed by atoms with Gasteiger partial charge >= 0.3 is 0 Å². The second kappa shape index (κ2) is 9.32. The van der Waals surface area contributed by atoms with Gasteiger partial charge in [0.05, 0.1) is 30.8 Å². The number of ether oxygens (including phenoxy) is 2. The van der Waals surface area contributed by atoms with E-state index in [2.05, 4.69) is 11.6 Å². The molecule has 1 heterocycles. The second-order valence-corrected chi connectivity index (χ2v) is 7.17. The van der Waals surface area contributed by atoms with Gasteiger partial charge in [-0.1, -0.05) is 24.3 Å². The monoisotopic (exact) mass is 423 g/mol. The summed E-state index contributed by atoms with van der Waals surface area (Å²) in [5.74, 6) is -0.291. The van der Waals surface area contributed by atoms with E-state index < -0.39 is 5.97 Å². The molecule has 154 valence electrons.